The molecule has 0 radical (unpaired) electrons. The average molecular weight is 259 g/mol. The van der Waals surface area contributed by atoms with E-state index >= 15 is 0 Å². The van der Waals surface area contributed by atoms with Gasteiger partial charge in [-0.05, 0) is 37.2 Å². The molecule has 1 aromatic heterocycles. The third kappa shape index (κ3) is 2.70. The zero-order valence-corrected chi connectivity index (χ0v) is 11.1. The maximum atomic E-state index is 4.04. The molecule has 1 heterocycles. The fourth-order valence-corrected chi connectivity index (χ4v) is 3.23. The first kappa shape index (κ1) is 11.7. The van der Waals surface area contributed by atoms with Gasteiger partial charge in [-0.2, -0.15) is 0 Å². The first-order chi connectivity index (χ1) is 8.92. The van der Waals surface area contributed by atoms with E-state index in [1.807, 2.05) is 0 Å². The van der Waals surface area contributed by atoms with Gasteiger partial charge in [-0.1, -0.05) is 41.7 Å². The molecule has 18 heavy (non-hydrogen) atoms. The van der Waals surface area contributed by atoms with E-state index in [0.29, 0.717) is 6.04 Å². The molecule has 3 rings (SSSR count). The minimum absolute atomic E-state index is 0.568. The molecule has 1 aliphatic carbocycles. The minimum Gasteiger partial charge on any atom is -0.357 e. The summed E-state index contributed by atoms with van der Waals surface area (Å²) in [5, 5.41) is 12.3. The van der Waals surface area contributed by atoms with Crippen LogP contribution in [0.4, 0.5) is 5.13 Å². The Morgan fingerprint density at radius 1 is 1.06 bits per heavy atom. The van der Waals surface area contributed by atoms with Crippen LogP contribution in [-0.4, -0.2) is 16.2 Å². The van der Waals surface area contributed by atoms with Crippen molar-refractivity contribution < 1.29 is 0 Å². The van der Waals surface area contributed by atoms with Crippen LogP contribution in [0.2, 0.25) is 0 Å². The van der Waals surface area contributed by atoms with Gasteiger partial charge >= 0.3 is 0 Å². The van der Waals surface area contributed by atoms with Gasteiger partial charge in [0.2, 0.25) is 5.13 Å². The van der Waals surface area contributed by atoms with Crippen molar-refractivity contribution in [3.05, 3.63) is 41.4 Å². The third-order valence-corrected chi connectivity index (χ3v) is 4.31. The second-order valence-corrected chi connectivity index (χ2v) is 5.68. The standard InChI is InChI=1S/C14H17N3S/c1-2-4-11(5-3-1)12-6-8-13(9-7-12)16-14-17-15-10-18-14/h1-5,10,12-13H,6-9H2,(H,16,17). The van der Waals surface area contributed by atoms with Gasteiger partial charge in [0.1, 0.15) is 5.51 Å². The Kier molecular flexibility index (Phi) is 3.55. The van der Waals surface area contributed by atoms with Crippen molar-refractivity contribution >= 4 is 16.5 Å². The number of rotatable bonds is 3. The van der Waals surface area contributed by atoms with Crippen molar-refractivity contribution in [1.29, 1.82) is 0 Å². The monoisotopic (exact) mass is 259 g/mol. The molecule has 3 nitrogen and oxygen atoms in total. The Morgan fingerprint density at radius 2 is 1.83 bits per heavy atom. The summed E-state index contributed by atoms with van der Waals surface area (Å²) in [6.07, 6.45) is 4.97. The van der Waals surface area contributed by atoms with E-state index in [2.05, 4.69) is 45.8 Å². The zero-order chi connectivity index (χ0) is 12.2. The first-order valence-electron chi connectivity index (χ1n) is 6.49. The number of hydrogen-bond donors (Lipinski definition) is 1. The molecule has 4 heteroatoms. The van der Waals surface area contributed by atoms with Crippen LogP contribution in [0, 0.1) is 0 Å². The number of nitrogens with zero attached hydrogens (tertiary/aromatic N) is 2. The van der Waals surface area contributed by atoms with Crippen LogP contribution in [0.25, 0.3) is 0 Å². The van der Waals surface area contributed by atoms with E-state index in [0.717, 1.165) is 11.0 Å². The second kappa shape index (κ2) is 5.48. The Morgan fingerprint density at radius 3 is 2.50 bits per heavy atom. The van der Waals surface area contributed by atoms with Gasteiger partial charge in [0, 0.05) is 6.04 Å². The van der Waals surface area contributed by atoms with Crippen molar-refractivity contribution in [2.75, 3.05) is 5.32 Å². The molecule has 1 fully saturated rings. The fourth-order valence-electron chi connectivity index (χ4n) is 2.71. The Labute approximate surface area is 111 Å². The molecule has 0 spiro atoms. The van der Waals surface area contributed by atoms with Crippen LogP contribution >= 0.6 is 11.3 Å². The molecule has 0 saturated heterocycles. The predicted octanol–water partition coefficient (Wildman–Crippen LogP) is 3.68. The van der Waals surface area contributed by atoms with Gasteiger partial charge in [0.05, 0.1) is 0 Å². The normalized spacial score (nSPS) is 23.8. The van der Waals surface area contributed by atoms with E-state index in [9.17, 15) is 0 Å². The highest BCUT2D eigenvalue weighted by atomic mass is 32.1. The molecular formula is C14H17N3S. The van der Waals surface area contributed by atoms with Crippen molar-refractivity contribution in [2.45, 2.75) is 37.6 Å². The topological polar surface area (TPSA) is 37.8 Å². The SMILES string of the molecule is c1ccc(C2CCC(Nc3nncs3)CC2)cc1. The van der Waals surface area contributed by atoms with E-state index in [4.69, 9.17) is 0 Å². The summed E-state index contributed by atoms with van der Waals surface area (Å²) < 4.78 is 0. The molecule has 1 N–H and O–H groups in total. The van der Waals surface area contributed by atoms with Crippen LogP contribution in [-0.2, 0) is 0 Å². The lowest BCUT2D eigenvalue weighted by molar-refractivity contribution is 0.412. The summed E-state index contributed by atoms with van der Waals surface area (Å²) in [5.41, 5.74) is 3.27. The molecule has 94 valence electrons. The summed E-state index contributed by atoms with van der Waals surface area (Å²) in [7, 11) is 0. The Bertz CT molecular complexity index is 461. The van der Waals surface area contributed by atoms with Crippen LogP contribution in [0.1, 0.15) is 37.2 Å². The molecule has 1 aliphatic rings. The highest BCUT2D eigenvalue weighted by molar-refractivity contribution is 7.13. The molecule has 1 aromatic carbocycles. The van der Waals surface area contributed by atoms with Crippen LogP contribution < -0.4 is 5.32 Å². The van der Waals surface area contributed by atoms with Gasteiger partial charge < -0.3 is 5.32 Å². The second-order valence-electron chi connectivity index (χ2n) is 4.85. The number of nitrogens with one attached hydrogen (secondary N) is 1. The third-order valence-electron chi connectivity index (χ3n) is 3.69. The lowest BCUT2D eigenvalue weighted by atomic mass is 9.82. The lowest BCUT2D eigenvalue weighted by Gasteiger charge is -2.29. The van der Waals surface area contributed by atoms with E-state index in [-0.39, 0.29) is 0 Å². The number of benzene rings is 1. The quantitative estimate of drug-likeness (QED) is 0.913. The summed E-state index contributed by atoms with van der Waals surface area (Å²) in [6, 6.07) is 11.4. The van der Waals surface area contributed by atoms with Crippen molar-refractivity contribution in [1.82, 2.24) is 10.2 Å². The van der Waals surface area contributed by atoms with E-state index in [1.54, 1.807) is 16.8 Å². The van der Waals surface area contributed by atoms with Gasteiger partial charge in [0.25, 0.3) is 0 Å². The first-order valence-corrected chi connectivity index (χ1v) is 7.37. The van der Waals surface area contributed by atoms with Crippen molar-refractivity contribution in [2.24, 2.45) is 0 Å². The zero-order valence-electron chi connectivity index (χ0n) is 10.2. The summed E-state index contributed by atoms with van der Waals surface area (Å²) >= 11 is 1.58. The highest BCUT2D eigenvalue weighted by Gasteiger charge is 2.22. The molecular weight excluding hydrogens is 242 g/mol. The van der Waals surface area contributed by atoms with Crippen molar-refractivity contribution in [3.8, 4) is 0 Å². The van der Waals surface area contributed by atoms with Crippen LogP contribution in [0.5, 0.6) is 0 Å². The molecule has 0 atom stereocenters. The number of anilines is 1. The molecule has 0 aliphatic heterocycles. The maximum Gasteiger partial charge on any atom is 0.205 e. The number of hydrogen-bond acceptors (Lipinski definition) is 4. The highest BCUT2D eigenvalue weighted by Crippen LogP contribution is 2.33. The smallest absolute Gasteiger partial charge is 0.205 e. The minimum atomic E-state index is 0.568. The summed E-state index contributed by atoms with van der Waals surface area (Å²) in [4.78, 5) is 0. The Hall–Kier alpha value is -1.42. The molecule has 0 unspecified atom stereocenters. The van der Waals surface area contributed by atoms with E-state index < -0.39 is 0 Å². The van der Waals surface area contributed by atoms with Gasteiger partial charge in [-0.15, -0.1) is 10.2 Å². The predicted molar refractivity (Wildman–Crippen MR) is 75.0 cm³/mol. The van der Waals surface area contributed by atoms with Crippen molar-refractivity contribution in [3.63, 3.8) is 0 Å². The Balaban J connectivity index is 1.55. The largest absolute Gasteiger partial charge is 0.357 e. The average Bonchev–Trinajstić information content (AvgIpc) is 2.94. The molecule has 0 bridgehead atoms. The van der Waals surface area contributed by atoms with E-state index in [1.165, 1.54) is 31.2 Å². The van der Waals surface area contributed by atoms with Gasteiger partial charge in [0.15, 0.2) is 0 Å². The van der Waals surface area contributed by atoms with Crippen LogP contribution in [0.15, 0.2) is 35.8 Å². The number of aromatic nitrogens is 2. The summed E-state index contributed by atoms with van der Waals surface area (Å²) in [6.45, 7) is 0. The molecule has 1 saturated carbocycles. The van der Waals surface area contributed by atoms with Crippen LogP contribution in [0.3, 0.4) is 0 Å². The van der Waals surface area contributed by atoms with Gasteiger partial charge in [-0.3, -0.25) is 0 Å². The summed E-state index contributed by atoms with van der Waals surface area (Å²) in [5.74, 6) is 0.735. The lowest BCUT2D eigenvalue weighted by Crippen LogP contribution is -2.25. The fraction of sp³-hybridized carbons (Fsp3) is 0.429. The molecule has 0 amide bonds. The molecule has 2 aromatic rings. The van der Waals surface area contributed by atoms with Gasteiger partial charge in [-0.25, -0.2) is 0 Å². The maximum absolute atomic E-state index is 4.04.